The van der Waals surface area contributed by atoms with Gasteiger partial charge in [-0.3, -0.25) is 4.98 Å². The van der Waals surface area contributed by atoms with Gasteiger partial charge < -0.3 is 4.42 Å². The Bertz CT molecular complexity index is 615. The molecule has 0 radical (unpaired) electrons. The first kappa shape index (κ1) is 8.00. The van der Waals surface area contributed by atoms with Crippen LogP contribution in [0.25, 0.3) is 22.1 Å². The van der Waals surface area contributed by atoms with Gasteiger partial charge in [0.05, 0.1) is 5.39 Å². The average Bonchev–Trinajstić information content (AvgIpc) is 2.57. The lowest BCUT2D eigenvalue weighted by molar-refractivity contribution is 0.668. The molecule has 0 atom stereocenters. The Morgan fingerprint density at radius 2 is 1.93 bits per heavy atom. The van der Waals surface area contributed by atoms with E-state index in [4.69, 9.17) is 4.42 Å². The predicted molar refractivity (Wildman–Crippen MR) is 59.2 cm³/mol. The third-order valence-electron chi connectivity index (χ3n) is 2.20. The Kier molecular flexibility index (Phi) is 1.61. The normalized spacial score (nSPS) is 11.2. The number of fused-ring (bicyclic) bond motifs is 3. The summed E-state index contributed by atoms with van der Waals surface area (Å²) in [6.45, 7) is 0. The highest BCUT2D eigenvalue weighted by atomic mass is 79.9. The largest absolute Gasteiger partial charge is 0.454 e. The van der Waals surface area contributed by atoms with Gasteiger partial charge >= 0.3 is 0 Å². The van der Waals surface area contributed by atoms with E-state index >= 15 is 0 Å². The molecule has 14 heavy (non-hydrogen) atoms. The van der Waals surface area contributed by atoms with Crippen molar-refractivity contribution < 1.29 is 4.42 Å². The van der Waals surface area contributed by atoms with Crippen LogP contribution in [0.4, 0.5) is 0 Å². The summed E-state index contributed by atoms with van der Waals surface area (Å²) in [7, 11) is 0. The highest BCUT2D eigenvalue weighted by Crippen LogP contribution is 2.32. The van der Waals surface area contributed by atoms with Crippen molar-refractivity contribution in [2.24, 2.45) is 0 Å². The maximum Gasteiger partial charge on any atom is 0.153 e. The van der Waals surface area contributed by atoms with E-state index in [1.807, 2.05) is 30.3 Å². The molecule has 0 N–H and O–H groups in total. The fraction of sp³-hybridized carbons (Fsp3) is 0. The molecular weight excluding hydrogens is 242 g/mol. The van der Waals surface area contributed by atoms with Crippen molar-refractivity contribution >= 4 is 38.0 Å². The van der Waals surface area contributed by atoms with Crippen LogP contribution in [-0.4, -0.2) is 4.98 Å². The third kappa shape index (κ3) is 0.990. The topological polar surface area (TPSA) is 26.0 Å². The fourth-order valence-corrected chi connectivity index (χ4v) is 2.13. The van der Waals surface area contributed by atoms with Crippen molar-refractivity contribution in [3.05, 3.63) is 41.0 Å². The van der Waals surface area contributed by atoms with Crippen LogP contribution < -0.4 is 0 Å². The molecule has 68 valence electrons. The Morgan fingerprint density at radius 1 is 1.07 bits per heavy atom. The quantitative estimate of drug-likeness (QED) is 0.605. The van der Waals surface area contributed by atoms with Gasteiger partial charge in [0.15, 0.2) is 5.58 Å². The Hall–Kier alpha value is -1.35. The van der Waals surface area contributed by atoms with Gasteiger partial charge in [0.25, 0.3) is 0 Å². The van der Waals surface area contributed by atoms with E-state index in [9.17, 15) is 0 Å². The number of nitrogens with zero attached hydrogens (tertiary/aromatic N) is 1. The average molecular weight is 248 g/mol. The second-order valence-corrected chi connectivity index (χ2v) is 3.92. The molecule has 0 aliphatic rings. The second kappa shape index (κ2) is 2.82. The molecule has 0 unspecified atom stereocenters. The van der Waals surface area contributed by atoms with E-state index < -0.39 is 0 Å². The van der Waals surface area contributed by atoms with E-state index in [2.05, 4.69) is 20.9 Å². The lowest BCUT2D eigenvalue weighted by Gasteiger charge is -1.90. The Labute approximate surface area is 88.7 Å². The number of aromatic nitrogens is 1. The first-order valence-corrected chi connectivity index (χ1v) is 5.07. The van der Waals surface area contributed by atoms with Crippen LogP contribution >= 0.6 is 15.9 Å². The van der Waals surface area contributed by atoms with E-state index in [1.54, 1.807) is 6.20 Å². The zero-order chi connectivity index (χ0) is 9.54. The van der Waals surface area contributed by atoms with E-state index in [1.165, 1.54) is 0 Å². The van der Waals surface area contributed by atoms with Gasteiger partial charge in [0.2, 0.25) is 0 Å². The first-order valence-electron chi connectivity index (χ1n) is 4.28. The van der Waals surface area contributed by atoms with Crippen molar-refractivity contribution in [2.75, 3.05) is 0 Å². The summed E-state index contributed by atoms with van der Waals surface area (Å²) in [6.07, 6.45) is 1.77. The van der Waals surface area contributed by atoms with Crippen molar-refractivity contribution in [3.63, 3.8) is 0 Å². The van der Waals surface area contributed by atoms with Crippen molar-refractivity contribution in [3.8, 4) is 0 Å². The minimum absolute atomic E-state index is 0.828. The lowest BCUT2D eigenvalue weighted by atomic mass is 10.2. The van der Waals surface area contributed by atoms with Crippen LogP contribution in [0.15, 0.2) is 45.4 Å². The summed E-state index contributed by atoms with van der Waals surface area (Å²) in [5.41, 5.74) is 2.61. The minimum atomic E-state index is 0.828. The second-order valence-electron chi connectivity index (χ2n) is 3.07. The summed E-state index contributed by atoms with van der Waals surface area (Å²) >= 11 is 3.50. The van der Waals surface area contributed by atoms with Gasteiger partial charge in [-0.1, -0.05) is 6.07 Å². The Morgan fingerprint density at radius 3 is 2.86 bits per heavy atom. The van der Waals surface area contributed by atoms with Crippen molar-refractivity contribution in [1.82, 2.24) is 4.98 Å². The fourth-order valence-electron chi connectivity index (χ4n) is 1.60. The number of halogens is 1. The van der Waals surface area contributed by atoms with Gasteiger partial charge in [-0.2, -0.15) is 0 Å². The molecule has 0 saturated heterocycles. The summed E-state index contributed by atoms with van der Waals surface area (Å²) in [6, 6.07) is 9.69. The van der Waals surface area contributed by atoms with Crippen LogP contribution in [0.2, 0.25) is 0 Å². The van der Waals surface area contributed by atoms with Gasteiger partial charge in [0, 0.05) is 10.7 Å². The Balaban J connectivity index is 2.65. The summed E-state index contributed by atoms with van der Waals surface area (Å²) in [5.74, 6) is 0. The summed E-state index contributed by atoms with van der Waals surface area (Å²) in [4.78, 5) is 4.31. The molecule has 0 amide bonds. The van der Waals surface area contributed by atoms with Gasteiger partial charge in [0.1, 0.15) is 11.1 Å². The van der Waals surface area contributed by atoms with E-state index in [-0.39, 0.29) is 0 Å². The lowest BCUT2D eigenvalue weighted by Crippen LogP contribution is -1.72. The zero-order valence-electron chi connectivity index (χ0n) is 7.20. The molecule has 0 fully saturated rings. The number of rotatable bonds is 0. The monoisotopic (exact) mass is 247 g/mol. The summed E-state index contributed by atoms with van der Waals surface area (Å²) in [5, 5.41) is 1.04. The maximum absolute atomic E-state index is 5.64. The number of hydrogen-bond donors (Lipinski definition) is 0. The van der Waals surface area contributed by atoms with Crippen LogP contribution in [0.1, 0.15) is 0 Å². The smallest absolute Gasteiger partial charge is 0.153 e. The molecule has 0 bridgehead atoms. The van der Waals surface area contributed by atoms with Gasteiger partial charge in [-0.25, -0.2) is 0 Å². The molecule has 0 spiro atoms. The molecular formula is C11H6BrNO. The molecule has 2 nitrogen and oxygen atoms in total. The number of pyridine rings is 1. The predicted octanol–water partition coefficient (Wildman–Crippen LogP) is 3.74. The van der Waals surface area contributed by atoms with E-state index in [0.717, 1.165) is 26.5 Å². The van der Waals surface area contributed by atoms with Gasteiger partial charge in [-0.05, 0) is 40.2 Å². The molecule has 3 heteroatoms. The molecule has 3 aromatic rings. The number of hydrogen-bond acceptors (Lipinski definition) is 2. The van der Waals surface area contributed by atoms with E-state index in [0.29, 0.717) is 0 Å². The number of furan rings is 1. The maximum atomic E-state index is 5.64. The van der Waals surface area contributed by atoms with Gasteiger partial charge in [-0.15, -0.1) is 0 Å². The first-order chi connectivity index (χ1) is 6.86. The summed E-state index contributed by atoms with van der Waals surface area (Å²) < 4.78 is 6.66. The minimum Gasteiger partial charge on any atom is -0.454 e. The van der Waals surface area contributed by atoms with Crippen LogP contribution in [0.5, 0.6) is 0 Å². The van der Waals surface area contributed by atoms with Crippen molar-refractivity contribution in [1.29, 1.82) is 0 Å². The molecule has 3 rings (SSSR count). The van der Waals surface area contributed by atoms with Crippen molar-refractivity contribution in [2.45, 2.75) is 0 Å². The zero-order valence-corrected chi connectivity index (χ0v) is 8.78. The molecule has 0 saturated carbocycles. The highest BCUT2D eigenvalue weighted by molar-refractivity contribution is 9.10. The van der Waals surface area contributed by atoms with Crippen LogP contribution in [-0.2, 0) is 0 Å². The molecule has 2 heterocycles. The highest BCUT2D eigenvalue weighted by Gasteiger charge is 2.09. The third-order valence-corrected chi connectivity index (χ3v) is 2.86. The molecule has 1 aromatic carbocycles. The number of benzene rings is 1. The molecule has 0 aliphatic carbocycles. The molecule has 2 aromatic heterocycles. The SMILES string of the molecule is Brc1cccc2oc3cccnc3c12. The van der Waals surface area contributed by atoms with Crippen LogP contribution in [0, 0.1) is 0 Å². The van der Waals surface area contributed by atoms with Crippen LogP contribution in [0.3, 0.4) is 0 Å². The molecule has 0 aliphatic heterocycles. The standard InChI is InChI=1S/C11H6BrNO/c12-7-3-1-4-8-10(7)11-9(14-8)5-2-6-13-11/h1-6H.